The van der Waals surface area contributed by atoms with Crippen molar-refractivity contribution in [2.75, 3.05) is 11.9 Å². The molecule has 7 heteroatoms. The molecule has 0 fully saturated rings. The first-order valence-electron chi connectivity index (χ1n) is 9.77. The average Bonchev–Trinajstić information content (AvgIpc) is 2.79. The van der Waals surface area contributed by atoms with Crippen LogP contribution in [0, 0.1) is 0 Å². The van der Waals surface area contributed by atoms with E-state index in [4.69, 9.17) is 11.6 Å². The van der Waals surface area contributed by atoms with Gasteiger partial charge in [-0.15, -0.1) is 0 Å². The van der Waals surface area contributed by atoms with E-state index in [0.29, 0.717) is 18.0 Å². The Morgan fingerprint density at radius 3 is 2.13 bits per heavy atom. The zero-order valence-electron chi connectivity index (χ0n) is 16.7. The van der Waals surface area contributed by atoms with Crippen LogP contribution in [-0.2, 0) is 22.6 Å². The minimum absolute atomic E-state index is 0.186. The summed E-state index contributed by atoms with van der Waals surface area (Å²) in [5.41, 5.74) is 2.48. The summed E-state index contributed by atoms with van der Waals surface area (Å²) < 4.78 is 0. The van der Waals surface area contributed by atoms with E-state index >= 15 is 0 Å². The van der Waals surface area contributed by atoms with Crippen LogP contribution in [0.1, 0.15) is 21.5 Å². The van der Waals surface area contributed by atoms with E-state index < -0.39 is 11.8 Å². The highest BCUT2D eigenvalue weighted by Gasteiger charge is 2.17. The largest absolute Gasteiger partial charge is 0.352 e. The molecule has 0 saturated heterocycles. The fourth-order valence-corrected chi connectivity index (χ4v) is 3.02. The topological polar surface area (TPSA) is 87.3 Å². The summed E-state index contributed by atoms with van der Waals surface area (Å²) in [6, 6.07) is 23.3. The van der Waals surface area contributed by atoms with Gasteiger partial charge in [-0.1, -0.05) is 66.2 Å². The minimum atomic E-state index is -0.849. The number of hydrogen-bond acceptors (Lipinski definition) is 3. The van der Waals surface area contributed by atoms with Crippen molar-refractivity contribution in [2.24, 2.45) is 0 Å². The lowest BCUT2D eigenvalue weighted by Crippen LogP contribution is -2.35. The van der Waals surface area contributed by atoms with Gasteiger partial charge in [0.05, 0.1) is 11.3 Å². The molecule has 0 bridgehead atoms. The molecule has 6 nitrogen and oxygen atoms in total. The second-order valence-corrected chi connectivity index (χ2v) is 7.24. The lowest BCUT2D eigenvalue weighted by molar-refractivity contribution is -0.136. The van der Waals surface area contributed by atoms with Gasteiger partial charge in [0.25, 0.3) is 5.91 Å². The van der Waals surface area contributed by atoms with E-state index in [1.54, 1.807) is 48.5 Å². The maximum Gasteiger partial charge on any atom is 0.313 e. The maximum atomic E-state index is 12.6. The van der Waals surface area contributed by atoms with E-state index in [2.05, 4.69) is 16.0 Å². The van der Waals surface area contributed by atoms with Crippen molar-refractivity contribution in [3.05, 3.63) is 101 Å². The molecule has 0 aliphatic carbocycles. The molecule has 0 aliphatic rings. The third kappa shape index (κ3) is 6.69. The van der Waals surface area contributed by atoms with Crippen molar-refractivity contribution in [3.63, 3.8) is 0 Å². The monoisotopic (exact) mass is 435 g/mol. The quantitative estimate of drug-likeness (QED) is 0.496. The number of rotatable bonds is 7. The Kier molecular flexibility index (Phi) is 7.79. The van der Waals surface area contributed by atoms with Gasteiger partial charge in [-0.2, -0.15) is 0 Å². The molecule has 3 amide bonds. The number of para-hydroxylation sites is 1. The highest BCUT2D eigenvalue weighted by molar-refractivity contribution is 6.40. The number of hydrogen-bond donors (Lipinski definition) is 3. The van der Waals surface area contributed by atoms with Gasteiger partial charge in [0.1, 0.15) is 0 Å². The Morgan fingerprint density at radius 1 is 0.710 bits per heavy atom. The maximum absolute atomic E-state index is 12.6. The summed E-state index contributed by atoms with van der Waals surface area (Å²) in [5.74, 6) is -1.97. The number of anilines is 1. The summed E-state index contributed by atoms with van der Waals surface area (Å²) in [6.07, 6.45) is 0.689. The highest BCUT2D eigenvalue weighted by Crippen LogP contribution is 2.15. The summed E-state index contributed by atoms with van der Waals surface area (Å²) in [4.78, 5) is 37.0. The van der Waals surface area contributed by atoms with Gasteiger partial charge in [-0.05, 0) is 41.8 Å². The Balaban J connectivity index is 1.54. The van der Waals surface area contributed by atoms with Crippen LogP contribution in [-0.4, -0.2) is 24.3 Å². The minimum Gasteiger partial charge on any atom is -0.352 e. The fourth-order valence-electron chi connectivity index (χ4n) is 2.89. The van der Waals surface area contributed by atoms with Gasteiger partial charge >= 0.3 is 11.8 Å². The third-order valence-electron chi connectivity index (χ3n) is 4.53. The van der Waals surface area contributed by atoms with Crippen LogP contribution >= 0.6 is 11.6 Å². The van der Waals surface area contributed by atoms with Crippen molar-refractivity contribution < 1.29 is 14.4 Å². The Hall–Kier alpha value is -3.64. The van der Waals surface area contributed by atoms with Crippen LogP contribution in [0.4, 0.5) is 5.69 Å². The van der Waals surface area contributed by atoms with Crippen molar-refractivity contribution in [1.82, 2.24) is 10.6 Å². The van der Waals surface area contributed by atoms with Crippen molar-refractivity contribution in [1.29, 1.82) is 0 Å². The second-order valence-electron chi connectivity index (χ2n) is 6.80. The first kappa shape index (κ1) is 22.1. The number of amides is 3. The van der Waals surface area contributed by atoms with Gasteiger partial charge in [-0.3, -0.25) is 14.4 Å². The molecule has 0 spiro atoms. The van der Waals surface area contributed by atoms with Crippen LogP contribution < -0.4 is 16.0 Å². The summed E-state index contributed by atoms with van der Waals surface area (Å²) in [5, 5.41) is 8.49. The van der Waals surface area contributed by atoms with Gasteiger partial charge in [-0.25, -0.2) is 0 Å². The molecule has 3 aromatic rings. The highest BCUT2D eigenvalue weighted by atomic mass is 35.5. The van der Waals surface area contributed by atoms with Crippen molar-refractivity contribution in [3.8, 4) is 0 Å². The van der Waals surface area contributed by atoms with Crippen LogP contribution in [0.15, 0.2) is 78.9 Å². The molecule has 3 rings (SSSR count). The van der Waals surface area contributed by atoms with Crippen molar-refractivity contribution in [2.45, 2.75) is 13.0 Å². The molecule has 0 aliphatic heterocycles. The number of halogens is 1. The molecule has 0 aromatic heterocycles. The molecular weight excluding hydrogens is 414 g/mol. The predicted octanol–water partition coefficient (Wildman–Crippen LogP) is 3.57. The molecule has 0 heterocycles. The van der Waals surface area contributed by atoms with Crippen LogP contribution in [0.2, 0.25) is 5.02 Å². The first-order chi connectivity index (χ1) is 15.0. The summed E-state index contributed by atoms with van der Waals surface area (Å²) >= 11 is 5.83. The van der Waals surface area contributed by atoms with E-state index in [1.165, 1.54) is 0 Å². The SMILES string of the molecule is O=C(NCc1ccc(Cl)cc1)C(=O)Nc1ccccc1C(=O)NCCc1ccccc1. The van der Waals surface area contributed by atoms with Gasteiger partial charge < -0.3 is 16.0 Å². The molecule has 158 valence electrons. The van der Waals surface area contributed by atoms with Gasteiger partial charge in [0, 0.05) is 18.1 Å². The zero-order chi connectivity index (χ0) is 22.1. The number of carbonyl (C=O) groups excluding carboxylic acids is 3. The second kappa shape index (κ2) is 10.9. The van der Waals surface area contributed by atoms with E-state index in [0.717, 1.165) is 11.1 Å². The molecule has 3 N–H and O–H groups in total. The average molecular weight is 436 g/mol. The van der Waals surface area contributed by atoms with Crippen LogP contribution in [0.25, 0.3) is 0 Å². The lowest BCUT2D eigenvalue weighted by Gasteiger charge is -2.12. The van der Waals surface area contributed by atoms with E-state index in [-0.39, 0.29) is 23.7 Å². The van der Waals surface area contributed by atoms with Crippen LogP contribution in [0.3, 0.4) is 0 Å². The molecule has 0 radical (unpaired) electrons. The number of benzene rings is 3. The summed E-state index contributed by atoms with van der Waals surface area (Å²) in [7, 11) is 0. The Labute approximate surface area is 185 Å². The molecule has 0 unspecified atom stereocenters. The molecular formula is C24H22ClN3O3. The smallest absolute Gasteiger partial charge is 0.313 e. The Bertz CT molecular complexity index is 1050. The van der Waals surface area contributed by atoms with E-state index in [9.17, 15) is 14.4 Å². The molecule has 3 aromatic carbocycles. The molecule has 0 saturated carbocycles. The first-order valence-corrected chi connectivity index (χ1v) is 10.2. The lowest BCUT2D eigenvalue weighted by atomic mass is 10.1. The fraction of sp³-hybridized carbons (Fsp3) is 0.125. The van der Waals surface area contributed by atoms with E-state index in [1.807, 2.05) is 30.3 Å². The summed E-state index contributed by atoms with van der Waals surface area (Å²) in [6.45, 7) is 0.637. The van der Waals surface area contributed by atoms with Crippen molar-refractivity contribution >= 4 is 35.0 Å². The third-order valence-corrected chi connectivity index (χ3v) is 4.79. The normalized spacial score (nSPS) is 10.2. The predicted molar refractivity (Wildman–Crippen MR) is 121 cm³/mol. The van der Waals surface area contributed by atoms with Gasteiger partial charge in [0.15, 0.2) is 0 Å². The zero-order valence-corrected chi connectivity index (χ0v) is 17.5. The number of nitrogens with one attached hydrogen (secondary N) is 3. The van der Waals surface area contributed by atoms with Gasteiger partial charge in [0.2, 0.25) is 0 Å². The standard InChI is InChI=1S/C24H22ClN3O3/c25-19-12-10-18(11-13-19)16-27-23(30)24(31)28-21-9-5-4-8-20(21)22(29)26-15-14-17-6-2-1-3-7-17/h1-13H,14-16H2,(H,26,29)(H,27,30)(H,28,31). The Morgan fingerprint density at radius 2 is 1.39 bits per heavy atom. The number of carbonyl (C=O) groups is 3. The van der Waals surface area contributed by atoms with Crippen LogP contribution in [0.5, 0.6) is 0 Å². The molecule has 0 atom stereocenters. The molecule has 31 heavy (non-hydrogen) atoms.